The molecule has 0 saturated heterocycles. The molecule has 7 nitrogen and oxygen atoms in total. The first-order valence-electron chi connectivity index (χ1n) is 6.21. The number of benzene rings is 1. The maximum absolute atomic E-state index is 11.9. The van der Waals surface area contributed by atoms with Gasteiger partial charge in [0.2, 0.25) is 5.12 Å². The highest BCUT2D eigenvalue weighted by atomic mass is 35.5. The standard InChI is InChI=1S/C13H9ClN2O5S2/c1-2-21-13(18)23-12-15-9(11(17)22-12)5-7-3-4-8(14)10(6-7)16(19)20/h3-6H,2H2,1H3/b9-5-. The molecule has 23 heavy (non-hydrogen) atoms. The summed E-state index contributed by atoms with van der Waals surface area (Å²) >= 11 is 7.26. The SMILES string of the molecule is CCOC(=O)SC1=N/C(=C\c2ccc(Cl)c([N+](=O)[O-])c2)C(=O)S1. The molecule has 0 amide bonds. The lowest BCUT2D eigenvalue weighted by molar-refractivity contribution is -0.384. The molecule has 0 spiro atoms. The van der Waals surface area contributed by atoms with E-state index in [1.807, 2.05) is 0 Å². The van der Waals surface area contributed by atoms with Crippen LogP contribution in [-0.4, -0.2) is 26.3 Å². The van der Waals surface area contributed by atoms with Crippen molar-refractivity contribution < 1.29 is 19.2 Å². The molecule has 0 bridgehead atoms. The molecule has 1 aromatic carbocycles. The highest BCUT2D eigenvalue weighted by Crippen LogP contribution is 2.33. The van der Waals surface area contributed by atoms with E-state index < -0.39 is 10.2 Å². The van der Waals surface area contributed by atoms with Gasteiger partial charge in [-0.05, 0) is 36.4 Å². The van der Waals surface area contributed by atoms with Gasteiger partial charge in [-0.15, -0.1) is 0 Å². The number of nitro benzene ring substituents is 1. The maximum atomic E-state index is 11.9. The zero-order chi connectivity index (χ0) is 17.0. The molecule has 0 radical (unpaired) electrons. The van der Waals surface area contributed by atoms with Crippen molar-refractivity contribution in [1.29, 1.82) is 0 Å². The van der Waals surface area contributed by atoms with Crippen molar-refractivity contribution in [3.05, 3.63) is 44.6 Å². The summed E-state index contributed by atoms with van der Waals surface area (Å²) in [4.78, 5) is 37.5. The molecular weight excluding hydrogens is 364 g/mol. The lowest BCUT2D eigenvalue weighted by atomic mass is 10.2. The van der Waals surface area contributed by atoms with Gasteiger partial charge >= 0.3 is 5.30 Å². The van der Waals surface area contributed by atoms with E-state index in [-0.39, 0.29) is 32.5 Å². The molecule has 0 N–H and O–H groups in total. The normalized spacial score (nSPS) is 15.7. The fourth-order valence-electron chi connectivity index (χ4n) is 1.57. The Bertz CT molecular complexity index is 748. The molecule has 0 aliphatic carbocycles. The fourth-order valence-corrected chi connectivity index (χ4v) is 3.33. The minimum absolute atomic E-state index is 0.00586. The minimum atomic E-state index is -0.610. The van der Waals surface area contributed by atoms with E-state index in [0.29, 0.717) is 5.56 Å². The second-order valence-electron chi connectivity index (χ2n) is 4.05. The van der Waals surface area contributed by atoms with Gasteiger partial charge < -0.3 is 4.74 Å². The number of aliphatic imine (C=N–C) groups is 1. The van der Waals surface area contributed by atoms with Crippen LogP contribution >= 0.6 is 35.1 Å². The number of halogens is 1. The van der Waals surface area contributed by atoms with E-state index in [9.17, 15) is 19.7 Å². The first kappa shape index (κ1) is 17.5. The van der Waals surface area contributed by atoms with Gasteiger partial charge in [0.15, 0.2) is 0 Å². The molecule has 1 aliphatic rings. The molecule has 2 rings (SSSR count). The van der Waals surface area contributed by atoms with Gasteiger partial charge in [-0.3, -0.25) is 14.9 Å². The second kappa shape index (κ2) is 7.62. The average molecular weight is 373 g/mol. The minimum Gasteiger partial charge on any atom is -0.458 e. The first-order chi connectivity index (χ1) is 10.9. The van der Waals surface area contributed by atoms with Crippen LogP contribution in [0.25, 0.3) is 6.08 Å². The van der Waals surface area contributed by atoms with Gasteiger partial charge in [0.25, 0.3) is 5.69 Å². The zero-order valence-corrected chi connectivity index (χ0v) is 14.0. The maximum Gasteiger partial charge on any atom is 0.374 e. The molecule has 0 saturated carbocycles. The number of nitro groups is 1. The van der Waals surface area contributed by atoms with E-state index in [0.717, 1.165) is 23.5 Å². The van der Waals surface area contributed by atoms with Crippen LogP contribution in [0.4, 0.5) is 10.5 Å². The molecule has 0 unspecified atom stereocenters. The smallest absolute Gasteiger partial charge is 0.374 e. The Balaban J connectivity index is 2.24. The van der Waals surface area contributed by atoms with E-state index in [1.165, 1.54) is 24.3 Å². The molecule has 1 aromatic rings. The van der Waals surface area contributed by atoms with Crippen molar-refractivity contribution >= 4 is 61.7 Å². The summed E-state index contributed by atoms with van der Waals surface area (Å²) in [6.45, 7) is 1.90. The first-order valence-corrected chi connectivity index (χ1v) is 8.23. The van der Waals surface area contributed by atoms with Gasteiger partial charge in [-0.1, -0.05) is 17.7 Å². The highest BCUT2D eigenvalue weighted by molar-refractivity contribution is 8.49. The average Bonchev–Trinajstić information content (AvgIpc) is 2.80. The Morgan fingerprint density at radius 1 is 1.57 bits per heavy atom. The lowest BCUT2D eigenvalue weighted by Crippen LogP contribution is -1.98. The molecule has 1 heterocycles. The third-order valence-corrected chi connectivity index (χ3v) is 4.53. The predicted molar refractivity (Wildman–Crippen MR) is 90.7 cm³/mol. The van der Waals surface area contributed by atoms with Crippen molar-refractivity contribution in [3.63, 3.8) is 0 Å². The van der Waals surface area contributed by atoms with Crippen LogP contribution in [0, 0.1) is 10.1 Å². The van der Waals surface area contributed by atoms with Crippen molar-refractivity contribution in [2.75, 3.05) is 6.61 Å². The van der Waals surface area contributed by atoms with Crippen LogP contribution in [0.15, 0.2) is 28.9 Å². The zero-order valence-electron chi connectivity index (χ0n) is 11.6. The summed E-state index contributed by atoms with van der Waals surface area (Å²) in [6.07, 6.45) is 1.40. The third-order valence-electron chi connectivity index (χ3n) is 2.50. The Kier molecular flexibility index (Phi) is 5.80. The monoisotopic (exact) mass is 372 g/mol. The van der Waals surface area contributed by atoms with Crippen molar-refractivity contribution in [3.8, 4) is 0 Å². The lowest BCUT2D eigenvalue weighted by Gasteiger charge is -1.98. The highest BCUT2D eigenvalue weighted by Gasteiger charge is 2.25. The molecular formula is C13H9ClN2O5S2. The number of thioether (sulfide) groups is 2. The van der Waals surface area contributed by atoms with Gasteiger partial charge in [0, 0.05) is 17.8 Å². The summed E-state index contributed by atoms with van der Waals surface area (Å²) in [6, 6.07) is 4.15. The molecule has 0 aromatic heterocycles. The van der Waals surface area contributed by atoms with E-state index >= 15 is 0 Å². The van der Waals surface area contributed by atoms with Crippen molar-refractivity contribution in [1.82, 2.24) is 0 Å². The molecule has 1 aliphatic heterocycles. The predicted octanol–water partition coefficient (Wildman–Crippen LogP) is 4.11. The van der Waals surface area contributed by atoms with Crippen LogP contribution in [0.1, 0.15) is 12.5 Å². The number of carbonyl (C=O) groups excluding carboxylic acids is 2. The van der Waals surface area contributed by atoms with Gasteiger partial charge in [-0.2, -0.15) is 0 Å². The Hall–Kier alpha value is -1.84. The third kappa shape index (κ3) is 4.57. The molecule has 120 valence electrons. The van der Waals surface area contributed by atoms with Crippen LogP contribution < -0.4 is 0 Å². The van der Waals surface area contributed by atoms with Crippen molar-refractivity contribution in [2.45, 2.75) is 6.92 Å². The summed E-state index contributed by atoms with van der Waals surface area (Å²) in [5, 5.41) is 9.96. The Morgan fingerprint density at radius 2 is 2.30 bits per heavy atom. The summed E-state index contributed by atoms with van der Waals surface area (Å²) in [5.74, 6) is 0. The van der Waals surface area contributed by atoms with Crippen LogP contribution in [0.5, 0.6) is 0 Å². The number of ether oxygens (including phenoxy) is 1. The quantitative estimate of drug-likeness (QED) is 0.340. The van der Waals surface area contributed by atoms with Gasteiger partial charge in [0.1, 0.15) is 15.1 Å². The Morgan fingerprint density at radius 3 is 2.96 bits per heavy atom. The Labute approximate surface area is 144 Å². The van der Waals surface area contributed by atoms with E-state index in [1.54, 1.807) is 6.92 Å². The van der Waals surface area contributed by atoms with Crippen LogP contribution in [-0.2, 0) is 9.53 Å². The van der Waals surface area contributed by atoms with Crippen LogP contribution in [0.2, 0.25) is 5.02 Å². The molecule has 0 fully saturated rings. The fraction of sp³-hybridized carbons (Fsp3) is 0.154. The van der Waals surface area contributed by atoms with Gasteiger partial charge in [0.05, 0.1) is 11.5 Å². The summed E-state index contributed by atoms with van der Waals surface area (Å²) in [7, 11) is 0. The topological polar surface area (TPSA) is 98.9 Å². The second-order valence-corrected chi connectivity index (χ2v) is 6.60. The number of nitrogens with zero attached hydrogens (tertiary/aromatic N) is 2. The van der Waals surface area contributed by atoms with E-state index in [4.69, 9.17) is 16.3 Å². The van der Waals surface area contributed by atoms with Crippen LogP contribution in [0.3, 0.4) is 0 Å². The largest absolute Gasteiger partial charge is 0.458 e. The number of hydrogen-bond acceptors (Lipinski definition) is 8. The summed E-state index contributed by atoms with van der Waals surface area (Å²) in [5.41, 5.74) is 0.249. The van der Waals surface area contributed by atoms with Gasteiger partial charge in [-0.25, -0.2) is 9.79 Å². The number of rotatable bonds is 3. The number of hydrogen-bond donors (Lipinski definition) is 0. The van der Waals surface area contributed by atoms with E-state index in [2.05, 4.69) is 4.99 Å². The molecule has 0 atom stereocenters. The van der Waals surface area contributed by atoms with Crippen molar-refractivity contribution in [2.24, 2.45) is 4.99 Å². The summed E-state index contributed by atoms with van der Waals surface area (Å²) < 4.78 is 5.01. The number of carbonyl (C=O) groups is 2. The molecule has 10 heteroatoms.